The number of nitrogens with zero attached hydrogens (tertiary/aromatic N) is 2. The van der Waals surface area contributed by atoms with Crippen molar-refractivity contribution >= 4 is 32.0 Å². The van der Waals surface area contributed by atoms with Crippen LogP contribution < -0.4 is 4.72 Å². The van der Waals surface area contributed by atoms with Gasteiger partial charge in [0.25, 0.3) is 10.0 Å². The minimum Gasteiger partial charge on any atom is -0.279 e. The third kappa shape index (κ3) is 2.53. The summed E-state index contributed by atoms with van der Waals surface area (Å²) in [6, 6.07) is 18.0. The summed E-state index contributed by atoms with van der Waals surface area (Å²) in [4.78, 5) is 0.240. The zero-order chi connectivity index (χ0) is 15.9. The van der Waals surface area contributed by atoms with Crippen molar-refractivity contribution < 1.29 is 8.42 Å². The van der Waals surface area contributed by atoms with Crippen LogP contribution in [-0.4, -0.2) is 18.0 Å². The number of hydrogen-bond donors (Lipinski definition) is 1. The van der Waals surface area contributed by atoms with Crippen LogP contribution in [0.15, 0.2) is 78.0 Å². The van der Waals surface area contributed by atoms with Crippen molar-refractivity contribution in [1.29, 1.82) is 0 Å². The van der Waals surface area contributed by atoms with Crippen LogP contribution in [0.5, 0.6) is 0 Å². The minimum absolute atomic E-state index is 0.240. The van der Waals surface area contributed by atoms with Gasteiger partial charge in [0.05, 0.1) is 16.1 Å². The van der Waals surface area contributed by atoms with Crippen LogP contribution in [0.3, 0.4) is 0 Å². The summed E-state index contributed by atoms with van der Waals surface area (Å²) in [5, 5.41) is 5.99. The summed E-state index contributed by atoms with van der Waals surface area (Å²) in [7, 11) is -3.64. The van der Waals surface area contributed by atoms with Crippen LogP contribution in [0.25, 0.3) is 16.3 Å². The molecule has 114 valence electrons. The van der Waals surface area contributed by atoms with Crippen LogP contribution in [0.1, 0.15) is 0 Å². The molecule has 2 aromatic carbocycles. The molecular formula is C17H13N3O2S. The largest absolute Gasteiger partial charge is 0.279 e. The molecule has 23 heavy (non-hydrogen) atoms. The van der Waals surface area contributed by atoms with Gasteiger partial charge in [0.1, 0.15) is 0 Å². The molecule has 0 unspecified atom stereocenters. The van der Waals surface area contributed by atoms with Gasteiger partial charge in [0.15, 0.2) is 0 Å². The first kappa shape index (κ1) is 13.8. The molecule has 0 bridgehead atoms. The monoisotopic (exact) mass is 323 g/mol. The summed E-state index contributed by atoms with van der Waals surface area (Å²) < 4.78 is 29.5. The van der Waals surface area contributed by atoms with Crippen molar-refractivity contribution in [2.75, 3.05) is 4.72 Å². The number of aromatic nitrogens is 2. The molecule has 4 rings (SSSR count). The first-order valence-electron chi connectivity index (χ1n) is 7.07. The van der Waals surface area contributed by atoms with Gasteiger partial charge in [-0.2, -0.15) is 5.10 Å². The summed E-state index contributed by atoms with van der Waals surface area (Å²) in [6.07, 6.45) is 3.38. The Morgan fingerprint density at radius 3 is 2.61 bits per heavy atom. The highest BCUT2D eigenvalue weighted by Gasteiger charge is 2.15. The molecule has 4 aromatic rings. The van der Waals surface area contributed by atoms with Crippen LogP contribution in [-0.2, 0) is 10.0 Å². The zero-order valence-corrected chi connectivity index (χ0v) is 12.9. The Hall–Kier alpha value is -2.86. The van der Waals surface area contributed by atoms with E-state index in [4.69, 9.17) is 0 Å². The molecule has 0 amide bonds. The van der Waals surface area contributed by atoms with E-state index in [1.165, 1.54) is 0 Å². The normalized spacial score (nSPS) is 11.8. The summed E-state index contributed by atoms with van der Waals surface area (Å²) in [5.41, 5.74) is 1.33. The smallest absolute Gasteiger partial charge is 0.261 e. The Bertz CT molecular complexity index is 1120. The fourth-order valence-corrected chi connectivity index (χ4v) is 3.62. The second-order valence-corrected chi connectivity index (χ2v) is 6.91. The number of anilines is 1. The molecular weight excluding hydrogens is 310 g/mol. The molecule has 0 atom stereocenters. The highest BCUT2D eigenvalue weighted by Crippen LogP contribution is 2.22. The van der Waals surface area contributed by atoms with E-state index >= 15 is 0 Å². The number of pyridine rings is 1. The van der Waals surface area contributed by atoms with Gasteiger partial charge in [-0.25, -0.2) is 12.9 Å². The fourth-order valence-electron chi connectivity index (χ4n) is 2.53. The lowest BCUT2D eigenvalue weighted by molar-refractivity contribution is 0.601. The molecule has 0 aliphatic heterocycles. The van der Waals surface area contributed by atoms with E-state index in [0.717, 1.165) is 16.3 Å². The molecule has 0 saturated carbocycles. The van der Waals surface area contributed by atoms with Crippen molar-refractivity contribution in [1.82, 2.24) is 9.61 Å². The molecule has 6 heteroatoms. The molecule has 0 spiro atoms. The number of benzene rings is 2. The van der Waals surface area contributed by atoms with Crippen LogP contribution >= 0.6 is 0 Å². The van der Waals surface area contributed by atoms with E-state index in [2.05, 4.69) is 9.82 Å². The van der Waals surface area contributed by atoms with Crippen molar-refractivity contribution in [3.8, 4) is 0 Å². The third-order valence-corrected chi connectivity index (χ3v) is 5.06. The standard InChI is InChI=1S/C17H13N3O2S/c21-23(22,17-6-5-13-3-1-2-4-14(13)11-17)19-15-8-10-20-16(12-15)7-9-18-20/h1-12,19H. The SMILES string of the molecule is O=S(=O)(Nc1ccn2nccc2c1)c1ccc2ccccc2c1. The zero-order valence-electron chi connectivity index (χ0n) is 12.0. The van der Waals surface area contributed by atoms with Crippen molar-refractivity contribution in [2.45, 2.75) is 4.90 Å². The first-order chi connectivity index (χ1) is 11.1. The van der Waals surface area contributed by atoms with Gasteiger partial charge in [-0.3, -0.25) is 4.72 Å². The van der Waals surface area contributed by atoms with Crippen LogP contribution in [0.4, 0.5) is 5.69 Å². The van der Waals surface area contributed by atoms with E-state index in [1.807, 2.05) is 36.4 Å². The molecule has 0 fully saturated rings. The van der Waals surface area contributed by atoms with Crippen LogP contribution in [0, 0.1) is 0 Å². The number of sulfonamides is 1. The Balaban J connectivity index is 1.73. The highest BCUT2D eigenvalue weighted by molar-refractivity contribution is 7.92. The molecule has 5 nitrogen and oxygen atoms in total. The molecule has 2 heterocycles. The molecule has 0 aliphatic carbocycles. The summed E-state index contributed by atoms with van der Waals surface area (Å²) >= 11 is 0. The average molecular weight is 323 g/mol. The van der Waals surface area contributed by atoms with Crippen molar-refractivity contribution in [3.63, 3.8) is 0 Å². The van der Waals surface area contributed by atoms with Crippen molar-refractivity contribution in [2.24, 2.45) is 0 Å². The number of hydrogen-bond acceptors (Lipinski definition) is 3. The molecule has 1 N–H and O–H groups in total. The Morgan fingerprint density at radius 1 is 0.913 bits per heavy atom. The minimum atomic E-state index is -3.64. The fraction of sp³-hybridized carbons (Fsp3) is 0. The number of nitrogens with one attached hydrogen (secondary N) is 1. The topological polar surface area (TPSA) is 63.5 Å². The lowest BCUT2D eigenvalue weighted by Crippen LogP contribution is -2.13. The van der Waals surface area contributed by atoms with Gasteiger partial charge in [-0.15, -0.1) is 0 Å². The van der Waals surface area contributed by atoms with E-state index in [1.54, 1.807) is 41.2 Å². The maximum absolute atomic E-state index is 12.6. The predicted molar refractivity (Wildman–Crippen MR) is 89.9 cm³/mol. The van der Waals surface area contributed by atoms with E-state index < -0.39 is 10.0 Å². The number of rotatable bonds is 3. The molecule has 0 radical (unpaired) electrons. The van der Waals surface area contributed by atoms with Gasteiger partial charge in [0.2, 0.25) is 0 Å². The van der Waals surface area contributed by atoms with Crippen LogP contribution in [0.2, 0.25) is 0 Å². The van der Waals surface area contributed by atoms with Gasteiger partial charge in [-0.05, 0) is 41.1 Å². The first-order valence-corrected chi connectivity index (χ1v) is 8.55. The predicted octanol–water partition coefficient (Wildman–Crippen LogP) is 3.29. The van der Waals surface area contributed by atoms with E-state index in [0.29, 0.717) is 5.69 Å². The maximum atomic E-state index is 12.6. The molecule has 2 aromatic heterocycles. The Kier molecular flexibility index (Phi) is 3.06. The quantitative estimate of drug-likeness (QED) is 0.629. The molecule has 0 saturated heterocycles. The third-order valence-electron chi connectivity index (χ3n) is 3.68. The second kappa shape index (κ2) is 5.10. The summed E-state index contributed by atoms with van der Waals surface area (Å²) in [6.45, 7) is 0. The van der Waals surface area contributed by atoms with E-state index in [9.17, 15) is 8.42 Å². The Morgan fingerprint density at radius 2 is 1.74 bits per heavy atom. The van der Waals surface area contributed by atoms with Gasteiger partial charge < -0.3 is 0 Å². The number of fused-ring (bicyclic) bond motifs is 2. The highest BCUT2D eigenvalue weighted by atomic mass is 32.2. The Labute approximate surface area is 133 Å². The maximum Gasteiger partial charge on any atom is 0.261 e. The molecule has 0 aliphatic rings. The van der Waals surface area contributed by atoms with E-state index in [-0.39, 0.29) is 4.90 Å². The lowest BCUT2D eigenvalue weighted by Gasteiger charge is -2.09. The lowest BCUT2D eigenvalue weighted by atomic mass is 10.1. The summed E-state index contributed by atoms with van der Waals surface area (Å²) in [5.74, 6) is 0. The van der Waals surface area contributed by atoms with Gasteiger partial charge in [-0.1, -0.05) is 30.3 Å². The second-order valence-electron chi connectivity index (χ2n) is 5.23. The van der Waals surface area contributed by atoms with Gasteiger partial charge >= 0.3 is 0 Å². The van der Waals surface area contributed by atoms with Gasteiger partial charge in [0, 0.05) is 12.4 Å². The van der Waals surface area contributed by atoms with Crippen molar-refractivity contribution in [3.05, 3.63) is 73.1 Å². The average Bonchev–Trinajstić information content (AvgIpc) is 3.01.